The van der Waals surface area contributed by atoms with E-state index < -0.39 is 0 Å². The zero-order chi connectivity index (χ0) is 22.2. The summed E-state index contributed by atoms with van der Waals surface area (Å²) in [6.45, 7) is 3.32. The highest BCUT2D eigenvalue weighted by Gasteiger charge is 2.24. The first-order chi connectivity index (χ1) is 14.9. The molecule has 1 saturated heterocycles. The lowest BCUT2D eigenvalue weighted by Gasteiger charge is -2.32. The van der Waals surface area contributed by atoms with Crippen LogP contribution in [0, 0.1) is 11.7 Å². The molecule has 166 valence electrons. The Morgan fingerprint density at radius 1 is 1.16 bits per heavy atom. The second-order valence-corrected chi connectivity index (χ2v) is 8.22. The molecule has 2 aromatic carbocycles. The molecule has 1 N–H and O–H groups in total. The monoisotopic (exact) mass is 426 g/mol. The van der Waals surface area contributed by atoms with Crippen molar-refractivity contribution in [1.29, 1.82) is 0 Å². The second-order valence-electron chi connectivity index (χ2n) is 8.22. The fourth-order valence-electron chi connectivity index (χ4n) is 4.03. The zero-order valence-corrected chi connectivity index (χ0v) is 18.3. The maximum Gasteiger partial charge on any atom is 0.222 e. The number of carbonyl (C=O) groups is 2. The van der Waals surface area contributed by atoms with Gasteiger partial charge >= 0.3 is 0 Å². The smallest absolute Gasteiger partial charge is 0.222 e. The van der Waals surface area contributed by atoms with Crippen LogP contribution in [0.1, 0.15) is 49.8 Å². The molecule has 0 spiro atoms. The van der Waals surface area contributed by atoms with Crippen LogP contribution in [0.3, 0.4) is 0 Å². The summed E-state index contributed by atoms with van der Waals surface area (Å²) in [6, 6.07) is 14.0. The molecule has 3 rings (SSSR count). The largest absolute Gasteiger partial charge is 0.497 e. The van der Waals surface area contributed by atoms with Gasteiger partial charge in [0.05, 0.1) is 13.2 Å². The highest BCUT2D eigenvalue weighted by Crippen LogP contribution is 2.23. The molecular weight excluding hydrogens is 395 g/mol. The highest BCUT2D eigenvalue weighted by molar-refractivity contribution is 5.77. The summed E-state index contributed by atoms with van der Waals surface area (Å²) in [4.78, 5) is 26.8. The number of nitrogens with zero attached hydrogens (tertiary/aromatic N) is 1. The molecule has 1 aliphatic heterocycles. The van der Waals surface area contributed by atoms with E-state index in [1.165, 1.54) is 12.1 Å². The van der Waals surface area contributed by atoms with E-state index in [0.29, 0.717) is 32.4 Å². The van der Waals surface area contributed by atoms with Gasteiger partial charge in [0.1, 0.15) is 11.6 Å². The van der Waals surface area contributed by atoms with Crippen molar-refractivity contribution in [3.8, 4) is 5.75 Å². The Balaban J connectivity index is 1.38. The average molecular weight is 427 g/mol. The fourth-order valence-corrected chi connectivity index (χ4v) is 4.03. The molecule has 0 aromatic heterocycles. The van der Waals surface area contributed by atoms with Gasteiger partial charge < -0.3 is 15.0 Å². The van der Waals surface area contributed by atoms with Crippen molar-refractivity contribution in [2.24, 2.45) is 5.92 Å². The van der Waals surface area contributed by atoms with Gasteiger partial charge in [-0.25, -0.2) is 4.39 Å². The molecule has 0 bridgehead atoms. The lowest BCUT2D eigenvalue weighted by atomic mass is 9.92. The molecule has 0 saturated carbocycles. The van der Waals surface area contributed by atoms with E-state index >= 15 is 0 Å². The number of hydrogen-bond donors (Lipinski definition) is 1. The van der Waals surface area contributed by atoms with Crippen LogP contribution < -0.4 is 10.1 Å². The molecule has 31 heavy (non-hydrogen) atoms. The third-order valence-corrected chi connectivity index (χ3v) is 5.95. The standard InChI is InChI=1S/C25H31FN2O3/c1-18(21-7-9-23(31-2)10-8-21)27-24(29)17-20-12-14-28(15-13-20)25(30)11-6-19-4-3-5-22(26)16-19/h3-5,7-10,16,18,20H,6,11-15,17H2,1-2H3,(H,27,29)/t18-/m1/s1. The first-order valence-electron chi connectivity index (χ1n) is 10.9. The lowest BCUT2D eigenvalue weighted by Crippen LogP contribution is -2.40. The SMILES string of the molecule is COc1ccc([C@@H](C)NC(=O)CC2CCN(C(=O)CCc3cccc(F)c3)CC2)cc1. The quantitative estimate of drug-likeness (QED) is 0.686. The molecule has 2 aromatic rings. The van der Waals surface area contributed by atoms with Crippen molar-refractivity contribution >= 4 is 11.8 Å². The summed E-state index contributed by atoms with van der Waals surface area (Å²) in [5, 5.41) is 3.07. The van der Waals surface area contributed by atoms with E-state index in [0.717, 1.165) is 29.7 Å². The van der Waals surface area contributed by atoms with Crippen molar-refractivity contribution in [3.63, 3.8) is 0 Å². The number of benzene rings is 2. The third kappa shape index (κ3) is 6.81. The van der Waals surface area contributed by atoms with Crippen LogP contribution in [0.5, 0.6) is 5.75 Å². The second kappa shape index (κ2) is 10.9. The fraction of sp³-hybridized carbons (Fsp3) is 0.440. The summed E-state index contributed by atoms with van der Waals surface area (Å²) in [5.74, 6) is 0.944. The molecule has 0 aliphatic carbocycles. The minimum Gasteiger partial charge on any atom is -0.497 e. The van der Waals surface area contributed by atoms with E-state index in [-0.39, 0.29) is 29.6 Å². The average Bonchev–Trinajstić information content (AvgIpc) is 2.78. The number of likely N-dealkylation sites (tertiary alicyclic amines) is 1. The highest BCUT2D eigenvalue weighted by atomic mass is 19.1. The van der Waals surface area contributed by atoms with Crippen molar-refractivity contribution in [3.05, 3.63) is 65.5 Å². The van der Waals surface area contributed by atoms with Crippen LogP contribution in [0.15, 0.2) is 48.5 Å². The Morgan fingerprint density at radius 3 is 2.52 bits per heavy atom. The van der Waals surface area contributed by atoms with E-state index in [9.17, 15) is 14.0 Å². The van der Waals surface area contributed by atoms with E-state index in [4.69, 9.17) is 4.74 Å². The Morgan fingerprint density at radius 2 is 1.87 bits per heavy atom. The van der Waals surface area contributed by atoms with Crippen molar-refractivity contribution in [2.75, 3.05) is 20.2 Å². The van der Waals surface area contributed by atoms with Gasteiger partial charge in [-0.15, -0.1) is 0 Å². The van der Waals surface area contributed by atoms with E-state index in [1.54, 1.807) is 13.2 Å². The summed E-state index contributed by atoms with van der Waals surface area (Å²) in [7, 11) is 1.63. The van der Waals surface area contributed by atoms with Crippen LogP contribution in [0.2, 0.25) is 0 Å². The minimum atomic E-state index is -0.273. The van der Waals surface area contributed by atoms with Gasteiger partial charge in [0.2, 0.25) is 11.8 Å². The van der Waals surface area contributed by atoms with Crippen LogP contribution in [-0.2, 0) is 16.0 Å². The molecule has 6 heteroatoms. The van der Waals surface area contributed by atoms with Crippen LogP contribution in [0.4, 0.5) is 4.39 Å². The summed E-state index contributed by atoms with van der Waals surface area (Å²) < 4.78 is 18.4. The molecular formula is C25H31FN2O3. The van der Waals surface area contributed by atoms with Gasteiger partial charge in [0, 0.05) is 25.9 Å². The third-order valence-electron chi connectivity index (χ3n) is 5.95. The van der Waals surface area contributed by atoms with Crippen LogP contribution in [-0.4, -0.2) is 36.9 Å². The summed E-state index contributed by atoms with van der Waals surface area (Å²) in [5.41, 5.74) is 1.87. The molecule has 1 fully saturated rings. The summed E-state index contributed by atoms with van der Waals surface area (Å²) >= 11 is 0. The zero-order valence-electron chi connectivity index (χ0n) is 18.3. The number of methoxy groups -OCH3 is 1. The lowest BCUT2D eigenvalue weighted by molar-refractivity contribution is -0.132. The minimum absolute atomic E-state index is 0.0409. The molecule has 0 unspecified atom stereocenters. The number of amides is 2. The molecule has 2 amide bonds. The maximum atomic E-state index is 13.3. The number of halogens is 1. The molecule has 1 atom stereocenters. The van der Waals surface area contributed by atoms with Gasteiger partial charge in [-0.1, -0.05) is 24.3 Å². The number of rotatable bonds is 8. The number of hydrogen-bond acceptors (Lipinski definition) is 3. The Hall–Kier alpha value is -2.89. The predicted molar refractivity (Wildman–Crippen MR) is 118 cm³/mol. The van der Waals surface area contributed by atoms with Gasteiger partial charge in [0.25, 0.3) is 0 Å². The molecule has 1 heterocycles. The molecule has 5 nitrogen and oxygen atoms in total. The number of aryl methyl sites for hydroxylation is 1. The Labute approximate surface area is 183 Å². The predicted octanol–water partition coefficient (Wildman–Crippen LogP) is 4.27. The van der Waals surface area contributed by atoms with Crippen LogP contribution >= 0.6 is 0 Å². The van der Waals surface area contributed by atoms with Gasteiger partial charge in [-0.05, 0) is 67.5 Å². The number of piperidine rings is 1. The normalized spacial score (nSPS) is 15.4. The molecule has 0 radical (unpaired) electrons. The van der Waals surface area contributed by atoms with E-state index in [1.807, 2.05) is 42.2 Å². The van der Waals surface area contributed by atoms with Crippen molar-refractivity contribution in [2.45, 2.75) is 45.1 Å². The van der Waals surface area contributed by atoms with Gasteiger partial charge in [0.15, 0.2) is 0 Å². The molecule has 1 aliphatic rings. The Kier molecular flexibility index (Phi) is 8.04. The van der Waals surface area contributed by atoms with Gasteiger partial charge in [-0.3, -0.25) is 9.59 Å². The first kappa shape index (κ1) is 22.8. The summed E-state index contributed by atoms with van der Waals surface area (Å²) in [6.07, 6.45) is 3.06. The first-order valence-corrected chi connectivity index (χ1v) is 10.9. The van der Waals surface area contributed by atoms with Crippen LogP contribution in [0.25, 0.3) is 0 Å². The maximum absolute atomic E-state index is 13.3. The van der Waals surface area contributed by atoms with Crippen molar-refractivity contribution < 1.29 is 18.7 Å². The van der Waals surface area contributed by atoms with E-state index in [2.05, 4.69) is 5.32 Å². The Bertz CT molecular complexity index is 877. The number of carbonyl (C=O) groups excluding carboxylic acids is 2. The van der Waals surface area contributed by atoms with Gasteiger partial charge in [-0.2, -0.15) is 0 Å². The van der Waals surface area contributed by atoms with Crippen molar-refractivity contribution in [1.82, 2.24) is 10.2 Å². The number of nitrogens with one attached hydrogen (secondary N) is 1. The topological polar surface area (TPSA) is 58.6 Å². The number of ether oxygens (including phenoxy) is 1.